The van der Waals surface area contributed by atoms with Crippen LogP contribution in [-0.2, 0) is 9.59 Å². The smallest absolute Gasteiger partial charge is 0.241 e. The first-order valence-corrected chi connectivity index (χ1v) is 8.74. The Hall–Kier alpha value is -2.39. The van der Waals surface area contributed by atoms with Gasteiger partial charge >= 0.3 is 0 Å². The van der Waals surface area contributed by atoms with E-state index in [2.05, 4.69) is 11.4 Å². The monoisotopic (exact) mass is 342 g/mol. The van der Waals surface area contributed by atoms with Crippen molar-refractivity contribution in [1.29, 1.82) is 5.26 Å². The lowest BCUT2D eigenvalue weighted by Crippen LogP contribution is -2.48. The number of nitrogens with zero attached hydrogens (tertiary/aromatic N) is 2. The fourth-order valence-electron chi connectivity index (χ4n) is 3.19. The molecular formula is C19H26N4O2. The van der Waals surface area contributed by atoms with Crippen LogP contribution in [0, 0.1) is 17.2 Å². The maximum atomic E-state index is 12.4. The molecule has 1 aliphatic rings. The molecule has 2 unspecified atom stereocenters. The highest BCUT2D eigenvalue weighted by Gasteiger charge is 2.32. The predicted molar refractivity (Wildman–Crippen MR) is 95.1 cm³/mol. The highest BCUT2D eigenvalue weighted by atomic mass is 16.2. The zero-order valence-electron chi connectivity index (χ0n) is 14.8. The van der Waals surface area contributed by atoms with Gasteiger partial charge < -0.3 is 16.0 Å². The van der Waals surface area contributed by atoms with Crippen LogP contribution >= 0.6 is 0 Å². The summed E-state index contributed by atoms with van der Waals surface area (Å²) in [7, 11) is 0. The van der Waals surface area contributed by atoms with Crippen LogP contribution in [-0.4, -0.2) is 35.3 Å². The number of nitrogens with two attached hydrogens (primary N) is 1. The van der Waals surface area contributed by atoms with E-state index < -0.39 is 12.1 Å². The van der Waals surface area contributed by atoms with Crippen LogP contribution in [0.5, 0.6) is 0 Å². The molecule has 25 heavy (non-hydrogen) atoms. The molecule has 6 heteroatoms. The molecule has 0 aromatic heterocycles. The van der Waals surface area contributed by atoms with Gasteiger partial charge in [-0.25, -0.2) is 0 Å². The van der Waals surface area contributed by atoms with Crippen molar-refractivity contribution in [3.8, 4) is 6.07 Å². The summed E-state index contributed by atoms with van der Waals surface area (Å²) in [4.78, 5) is 26.3. The van der Waals surface area contributed by atoms with Crippen molar-refractivity contribution in [2.24, 2.45) is 11.7 Å². The van der Waals surface area contributed by atoms with Crippen molar-refractivity contribution < 1.29 is 9.59 Å². The Morgan fingerprint density at radius 1 is 1.36 bits per heavy atom. The first kappa shape index (κ1) is 18.9. The summed E-state index contributed by atoms with van der Waals surface area (Å²) in [5.41, 5.74) is 6.97. The molecule has 0 saturated carbocycles. The second kappa shape index (κ2) is 8.63. The highest BCUT2D eigenvalue weighted by molar-refractivity contribution is 5.88. The van der Waals surface area contributed by atoms with E-state index in [9.17, 15) is 9.59 Å². The Kier molecular flexibility index (Phi) is 6.54. The second-order valence-corrected chi connectivity index (χ2v) is 6.83. The van der Waals surface area contributed by atoms with Gasteiger partial charge in [-0.15, -0.1) is 0 Å². The standard InChI is InChI=1S/C19H26N4O2/c1-13(2)18(14-7-4-3-5-8-14)22-17(24)11-16(21)19(25)23-10-6-9-15(23)12-20/h3-5,7-8,13,15-16,18H,6,9-11,21H2,1-2H3,(H,22,24)/t15-,16?,18?/m0/s1. The number of amides is 2. The molecule has 3 N–H and O–H groups in total. The number of hydrogen-bond acceptors (Lipinski definition) is 4. The normalized spacial score (nSPS) is 19.3. The van der Waals surface area contributed by atoms with E-state index in [1.54, 1.807) is 0 Å². The van der Waals surface area contributed by atoms with Crippen LogP contribution in [0.4, 0.5) is 0 Å². The Morgan fingerprint density at radius 2 is 2.04 bits per heavy atom. The molecule has 1 aromatic rings. The summed E-state index contributed by atoms with van der Waals surface area (Å²) in [6.45, 7) is 4.60. The van der Waals surface area contributed by atoms with Crippen molar-refractivity contribution in [1.82, 2.24) is 10.2 Å². The molecule has 1 saturated heterocycles. The molecule has 1 aromatic carbocycles. The van der Waals surface area contributed by atoms with Gasteiger partial charge in [-0.1, -0.05) is 44.2 Å². The van der Waals surface area contributed by atoms with E-state index in [1.165, 1.54) is 4.90 Å². The number of benzene rings is 1. The Morgan fingerprint density at radius 3 is 2.64 bits per heavy atom. The first-order valence-electron chi connectivity index (χ1n) is 8.74. The number of likely N-dealkylation sites (tertiary alicyclic amines) is 1. The van der Waals surface area contributed by atoms with Crippen LogP contribution in [0.3, 0.4) is 0 Å². The van der Waals surface area contributed by atoms with Gasteiger partial charge in [0.15, 0.2) is 0 Å². The summed E-state index contributed by atoms with van der Waals surface area (Å²) < 4.78 is 0. The fraction of sp³-hybridized carbons (Fsp3) is 0.526. The quantitative estimate of drug-likeness (QED) is 0.822. The van der Waals surface area contributed by atoms with E-state index in [1.807, 2.05) is 44.2 Å². The minimum Gasteiger partial charge on any atom is -0.349 e. The molecule has 2 amide bonds. The van der Waals surface area contributed by atoms with E-state index in [-0.39, 0.29) is 30.2 Å². The third-order valence-corrected chi connectivity index (χ3v) is 4.55. The van der Waals surface area contributed by atoms with Crippen molar-refractivity contribution in [3.63, 3.8) is 0 Å². The van der Waals surface area contributed by atoms with E-state index in [4.69, 9.17) is 11.0 Å². The van der Waals surface area contributed by atoms with Crippen molar-refractivity contribution in [3.05, 3.63) is 35.9 Å². The topological polar surface area (TPSA) is 99.2 Å². The van der Waals surface area contributed by atoms with Gasteiger partial charge in [0, 0.05) is 6.54 Å². The maximum Gasteiger partial charge on any atom is 0.241 e. The van der Waals surface area contributed by atoms with Crippen molar-refractivity contribution >= 4 is 11.8 Å². The first-order chi connectivity index (χ1) is 11.9. The Balaban J connectivity index is 1.96. The van der Waals surface area contributed by atoms with E-state index >= 15 is 0 Å². The molecule has 1 aliphatic heterocycles. The van der Waals surface area contributed by atoms with Gasteiger partial charge in [0.25, 0.3) is 0 Å². The average Bonchev–Trinajstić information content (AvgIpc) is 3.08. The average molecular weight is 342 g/mol. The summed E-state index contributed by atoms with van der Waals surface area (Å²) in [6.07, 6.45) is 1.39. The highest BCUT2D eigenvalue weighted by Crippen LogP contribution is 2.22. The molecule has 0 radical (unpaired) electrons. The predicted octanol–water partition coefficient (Wildman–Crippen LogP) is 1.73. The van der Waals surface area contributed by atoms with Gasteiger partial charge in [-0.2, -0.15) is 5.26 Å². The lowest BCUT2D eigenvalue weighted by Gasteiger charge is -2.25. The minimum atomic E-state index is -0.919. The molecule has 3 atom stereocenters. The SMILES string of the molecule is CC(C)C(NC(=O)CC(N)C(=O)N1CCC[C@H]1C#N)c1ccccc1. The van der Waals surface area contributed by atoms with Gasteiger partial charge in [0.2, 0.25) is 11.8 Å². The summed E-state index contributed by atoms with van der Waals surface area (Å²) in [5.74, 6) is -0.365. The minimum absolute atomic E-state index is 0.0798. The second-order valence-electron chi connectivity index (χ2n) is 6.83. The zero-order valence-corrected chi connectivity index (χ0v) is 14.8. The molecule has 6 nitrogen and oxygen atoms in total. The lowest BCUT2D eigenvalue weighted by molar-refractivity contribution is -0.135. The van der Waals surface area contributed by atoms with Crippen LogP contribution in [0.15, 0.2) is 30.3 Å². The summed E-state index contributed by atoms with van der Waals surface area (Å²) >= 11 is 0. The van der Waals surface area contributed by atoms with Crippen LogP contribution in [0.25, 0.3) is 0 Å². The molecule has 0 bridgehead atoms. The van der Waals surface area contributed by atoms with Gasteiger partial charge in [0.1, 0.15) is 6.04 Å². The van der Waals surface area contributed by atoms with Crippen molar-refractivity contribution in [2.75, 3.05) is 6.54 Å². The number of hydrogen-bond donors (Lipinski definition) is 2. The molecule has 0 spiro atoms. The number of carbonyl (C=O) groups is 2. The fourth-order valence-corrected chi connectivity index (χ4v) is 3.19. The molecule has 1 fully saturated rings. The van der Waals surface area contributed by atoms with Crippen LogP contribution in [0.2, 0.25) is 0 Å². The maximum absolute atomic E-state index is 12.4. The molecule has 0 aliphatic carbocycles. The van der Waals surface area contributed by atoms with E-state index in [0.717, 1.165) is 12.0 Å². The number of nitriles is 1. The van der Waals surface area contributed by atoms with E-state index in [0.29, 0.717) is 13.0 Å². The third kappa shape index (κ3) is 4.80. The van der Waals surface area contributed by atoms with Gasteiger partial charge in [-0.3, -0.25) is 9.59 Å². The molecule has 1 heterocycles. The largest absolute Gasteiger partial charge is 0.349 e. The Bertz CT molecular complexity index is 639. The number of nitrogens with one attached hydrogen (secondary N) is 1. The number of rotatable bonds is 6. The molecule has 134 valence electrons. The van der Waals surface area contributed by atoms with Crippen molar-refractivity contribution in [2.45, 2.75) is 51.2 Å². The summed E-state index contributed by atoms with van der Waals surface area (Å²) in [5, 5.41) is 12.1. The van der Waals surface area contributed by atoms with Gasteiger partial charge in [-0.05, 0) is 24.3 Å². The molecule has 2 rings (SSSR count). The third-order valence-electron chi connectivity index (χ3n) is 4.55. The number of carbonyl (C=O) groups excluding carboxylic acids is 2. The lowest BCUT2D eigenvalue weighted by atomic mass is 9.95. The van der Waals surface area contributed by atoms with Crippen LogP contribution < -0.4 is 11.1 Å². The molecular weight excluding hydrogens is 316 g/mol. The van der Waals surface area contributed by atoms with Crippen LogP contribution in [0.1, 0.15) is 44.7 Å². The zero-order chi connectivity index (χ0) is 18.4. The van der Waals surface area contributed by atoms with Gasteiger partial charge in [0.05, 0.1) is 24.6 Å². The summed E-state index contributed by atoms with van der Waals surface area (Å²) in [6, 6.07) is 10.4. The Labute approximate surface area is 149 Å².